The molecule has 1 saturated heterocycles. The Kier molecular flexibility index (Phi) is 5.91. The molecule has 4 atom stereocenters. The molecular weight excluding hydrogens is 530 g/mol. The van der Waals surface area contributed by atoms with Gasteiger partial charge in [-0.05, 0) is 54.9 Å². The SMILES string of the molecule is NC1=NC(N)(c2ccc(N3CCN(C4CC5CCC4C5)CC3)cc2)N(c2ncnc3sc(-c4ccccc4)cc23)N1. The normalized spacial score (nSPS) is 27.9. The molecular formula is C31H35N9S. The fourth-order valence-corrected chi connectivity index (χ4v) is 8.52. The molecule has 2 aromatic carbocycles. The summed E-state index contributed by atoms with van der Waals surface area (Å²) in [7, 11) is 0. The third-order valence-corrected chi connectivity index (χ3v) is 10.7. The van der Waals surface area contributed by atoms with Crippen molar-refractivity contribution in [3.05, 3.63) is 72.6 Å². The molecule has 2 aliphatic heterocycles. The number of aromatic nitrogens is 2. The third-order valence-electron chi connectivity index (χ3n) is 9.58. The van der Waals surface area contributed by atoms with E-state index < -0.39 is 5.79 Å². The van der Waals surface area contributed by atoms with Crippen molar-refractivity contribution in [2.24, 2.45) is 28.3 Å². The van der Waals surface area contributed by atoms with Crippen molar-refractivity contribution in [3.8, 4) is 10.4 Å². The average molecular weight is 566 g/mol. The topological polar surface area (TPSA) is 112 Å². The molecule has 4 aliphatic rings. The molecule has 0 amide bonds. The van der Waals surface area contributed by atoms with Crippen LogP contribution in [0.25, 0.3) is 20.7 Å². The molecule has 3 fully saturated rings. The summed E-state index contributed by atoms with van der Waals surface area (Å²) >= 11 is 1.63. The van der Waals surface area contributed by atoms with Crippen molar-refractivity contribution in [1.82, 2.24) is 20.3 Å². The maximum atomic E-state index is 7.02. The smallest absolute Gasteiger partial charge is 0.234 e. The lowest BCUT2D eigenvalue weighted by Crippen LogP contribution is -2.55. The molecule has 4 heterocycles. The van der Waals surface area contributed by atoms with Crippen molar-refractivity contribution >= 4 is 39.0 Å². The molecule has 2 saturated carbocycles. The van der Waals surface area contributed by atoms with Crippen LogP contribution < -0.4 is 26.8 Å². The summed E-state index contributed by atoms with van der Waals surface area (Å²) in [4.78, 5) is 21.1. The van der Waals surface area contributed by atoms with E-state index in [0.717, 1.165) is 70.3 Å². The second-order valence-corrected chi connectivity index (χ2v) is 12.9. The molecule has 9 nitrogen and oxygen atoms in total. The van der Waals surface area contributed by atoms with Gasteiger partial charge in [0.1, 0.15) is 11.2 Å². The van der Waals surface area contributed by atoms with Gasteiger partial charge in [0.2, 0.25) is 11.7 Å². The summed E-state index contributed by atoms with van der Waals surface area (Å²) in [6, 6.07) is 21.7. The van der Waals surface area contributed by atoms with Crippen LogP contribution in [0.5, 0.6) is 0 Å². The second-order valence-electron chi connectivity index (χ2n) is 11.9. The largest absolute Gasteiger partial charge is 0.369 e. The van der Waals surface area contributed by atoms with E-state index in [9.17, 15) is 0 Å². The van der Waals surface area contributed by atoms with Gasteiger partial charge >= 0.3 is 0 Å². The summed E-state index contributed by atoms with van der Waals surface area (Å²) in [5.74, 6) is 1.57. The standard InChI is InChI=1S/C31H35N9S/c32-30-36-31(33,40(37-30)28-25-18-27(21-4-2-1-3-5-21)41-29(25)35-19-34-28)23-8-10-24(11-9-23)38-12-14-39(15-13-38)26-17-20-6-7-22(26)16-20/h1-5,8-11,18-20,22,26H,6-7,12-17,33H2,(H3,32,36,37). The number of anilines is 2. The minimum Gasteiger partial charge on any atom is -0.369 e. The van der Waals surface area contributed by atoms with Crippen molar-refractivity contribution < 1.29 is 0 Å². The van der Waals surface area contributed by atoms with Crippen LogP contribution in [0.3, 0.4) is 0 Å². The highest BCUT2D eigenvalue weighted by atomic mass is 32.1. The molecule has 8 rings (SSSR count). The number of guanidine groups is 1. The van der Waals surface area contributed by atoms with Gasteiger partial charge in [-0.3, -0.25) is 16.1 Å². The third kappa shape index (κ3) is 4.24. The number of hydrogen-bond acceptors (Lipinski definition) is 10. The Morgan fingerprint density at radius 1 is 0.927 bits per heavy atom. The quantitative estimate of drug-likeness (QED) is 0.332. The van der Waals surface area contributed by atoms with Gasteiger partial charge in [0.05, 0.1) is 5.39 Å². The predicted octanol–water partition coefficient (Wildman–Crippen LogP) is 4.08. The number of hydrazine groups is 1. The second kappa shape index (κ2) is 9.68. The van der Waals surface area contributed by atoms with Gasteiger partial charge in [-0.25, -0.2) is 20.0 Å². The van der Waals surface area contributed by atoms with Crippen molar-refractivity contribution in [2.45, 2.75) is 37.5 Å². The molecule has 2 aliphatic carbocycles. The average Bonchev–Trinajstić information content (AvgIpc) is 3.81. The first kappa shape index (κ1) is 25.0. The fourth-order valence-electron chi connectivity index (χ4n) is 7.52. The molecule has 41 heavy (non-hydrogen) atoms. The Morgan fingerprint density at radius 3 is 2.46 bits per heavy atom. The fraction of sp³-hybridized carbons (Fsp3) is 0.387. The van der Waals surface area contributed by atoms with E-state index in [2.05, 4.69) is 72.7 Å². The lowest BCUT2D eigenvalue weighted by atomic mass is 9.93. The highest BCUT2D eigenvalue weighted by molar-refractivity contribution is 7.21. The molecule has 2 aromatic heterocycles. The summed E-state index contributed by atoms with van der Waals surface area (Å²) in [5, 5.41) is 2.66. The van der Waals surface area contributed by atoms with E-state index in [1.54, 1.807) is 22.7 Å². The van der Waals surface area contributed by atoms with Gasteiger partial charge in [-0.15, -0.1) is 11.3 Å². The number of hydrogen-bond donors (Lipinski definition) is 3. The van der Waals surface area contributed by atoms with Crippen LogP contribution in [-0.2, 0) is 5.79 Å². The molecule has 4 aromatic rings. The van der Waals surface area contributed by atoms with Crippen molar-refractivity contribution in [2.75, 3.05) is 36.1 Å². The summed E-state index contributed by atoms with van der Waals surface area (Å²) in [6.07, 6.45) is 7.36. The van der Waals surface area contributed by atoms with Crippen LogP contribution in [-0.4, -0.2) is 53.0 Å². The number of nitrogens with one attached hydrogen (secondary N) is 1. The summed E-state index contributed by atoms with van der Waals surface area (Å²) in [5.41, 5.74) is 19.6. The first-order valence-corrected chi connectivity index (χ1v) is 15.5. The molecule has 10 heteroatoms. The lowest BCUT2D eigenvalue weighted by Gasteiger charge is -2.42. The van der Waals surface area contributed by atoms with Gasteiger partial charge < -0.3 is 10.6 Å². The van der Waals surface area contributed by atoms with E-state index in [0.29, 0.717) is 5.82 Å². The first-order chi connectivity index (χ1) is 20.0. The number of fused-ring (bicyclic) bond motifs is 3. The van der Waals surface area contributed by atoms with Crippen LogP contribution >= 0.6 is 11.3 Å². The lowest BCUT2D eigenvalue weighted by molar-refractivity contribution is 0.135. The van der Waals surface area contributed by atoms with E-state index in [1.165, 1.54) is 31.4 Å². The number of aliphatic imine (C=N–C) groups is 1. The minimum atomic E-state index is -1.25. The van der Waals surface area contributed by atoms with Crippen molar-refractivity contribution in [1.29, 1.82) is 0 Å². The zero-order chi connectivity index (χ0) is 27.6. The monoisotopic (exact) mass is 565 g/mol. The van der Waals surface area contributed by atoms with E-state index in [4.69, 9.17) is 11.5 Å². The highest BCUT2D eigenvalue weighted by Gasteiger charge is 2.44. The number of nitrogens with two attached hydrogens (primary N) is 2. The number of rotatable bonds is 5. The Bertz CT molecular complexity index is 1600. The Balaban J connectivity index is 1.03. The predicted molar refractivity (Wildman–Crippen MR) is 165 cm³/mol. The van der Waals surface area contributed by atoms with E-state index in [1.807, 2.05) is 18.2 Å². The van der Waals surface area contributed by atoms with Crippen molar-refractivity contribution in [3.63, 3.8) is 0 Å². The highest BCUT2D eigenvalue weighted by Crippen LogP contribution is 2.47. The van der Waals surface area contributed by atoms with Gasteiger partial charge in [0.25, 0.3) is 0 Å². The van der Waals surface area contributed by atoms with Gasteiger partial charge in [-0.1, -0.05) is 48.9 Å². The van der Waals surface area contributed by atoms with E-state index in [-0.39, 0.29) is 5.96 Å². The number of piperazine rings is 1. The maximum absolute atomic E-state index is 7.02. The van der Waals surface area contributed by atoms with Gasteiger partial charge in [0.15, 0.2) is 5.82 Å². The van der Waals surface area contributed by atoms with Crippen LogP contribution in [0.15, 0.2) is 72.0 Å². The zero-order valence-corrected chi connectivity index (χ0v) is 23.8. The zero-order valence-electron chi connectivity index (χ0n) is 23.0. The molecule has 0 radical (unpaired) electrons. The Morgan fingerprint density at radius 2 is 1.73 bits per heavy atom. The number of benzene rings is 2. The van der Waals surface area contributed by atoms with Gasteiger partial charge in [-0.2, -0.15) is 0 Å². The van der Waals surface area contributed by atoms with Gasteiger partial charge in [0, 0.05) is 48.3 Å². The molecule has 210 valence electrons. The Hall–Kier alpha value is -3.73. The minimum absolute atomic E-state index is 0.249. The van der Waals surface area contributed by atoms with Crippen LogP contribution in [0.4, 0.5) is 11.5 Å². The first-order valence-electron chi connectivity index (χ1n) is 14.7. The molecule has 5 N–H and O–H groups in total. The summed E-state index contributed by atoms with van der Waals surface area (Å²) < 4.78 is 0. The van der Waals surface area contributed by atoms with Crippen LogP contribution in [0.1, 0.15) is 31.2 Å². The number of nitrogens with zero attached hydrogens (tertiary/aromatic N) is 6. The summed E-state index contributed by atoms with van der Waals surface area (Å²) in [6.45, 7) is 4.40. The van der Waals surface area contributed by atoms with E-state index >= 15 is 0 Å². The van der Waals surface area contributed by atoms with Crippen LogP contribution in [0, 0.1) is 11.8 Å². The maximum Gasteiger partial charge on any atom is 0.234 e. The molecule has 4 unspecified atom stereocenters. The molecule has 0 spiro atoms. The van der Waals surface area contributed by atoms with Crippen LogP contribution in [0.2, 0.25) is 0 Å². The number of thiophene rings is 1. The molecule has 2 bridgehead atoms. The Labute approximate surface area is 243 Å².